The van der Waals surface area contributed by atoms with Crippen molar-refractivity contribution in [2.45, 2.75) is 35.8 Å². The van der Waals surface area contributed by atoms with Crippen LogP contribution in [0.25, 0.3) is 0 Å². The molecular weight excluding hydrogens is 521 g/mol. The molecule has 0 radical (unpaired) electrons. The highest BCUT2D eigenvalue weighted by Gasteiger charge is 2.50. The molecule has 2 bridgehead atoms. The molecular formula is C24H24ClF3N2O5S. The van der Waals surface area contributed by atoms with E-state index in [4.69, 9.17) is 16.3 Å². The van der Waals surface area contributed by atoms with Crippen LogP contribution >= 0.6 is 11.6 Å². The molecule has 36 heavy (non-hydrogen) atoms. The van der Waals surface area contributed by atoms with Crippen LogP contribution in [0.1, 0.15) is 36.0 Å². The zero-order valence-corrected chi connectivity index (χ0v) is 20.8. The molecule has 12 heteroatoms. The fourth-order valence-electron chi connectivity index (χ4n) is 5.35. The van der Waals surface area contributed by atoms with Gasteiger partial charge in [-0.05, 0) is 61.6 Å². The lowest BCUT2D eigenvalue weighted by atomic mass is 9.81. The van der Waals surface area contributed by atoms with E-state index in [1.807, 2.05) is 0 Å². The van der Waals surface area contributed by atoms with Crippen LogP contribution < -0.4 is 10.6 Å². The quantitative estimate of drug-likeness (QED) is 0.501. The third kappa shape index (κ3) is 5.17. The summed E-state index contributed by atoms with van der Waals surface area (Å²) >= 11 is 6.25. The number of hydrogen-bond acceptors (Lipinski definition) is 5. The van der Waals surface area contributed by atoms with Gasteiger partial charge in [-0.2, -0.15) is 0 Å². The first kappa shape index (κ1) is 26.3. The Labute approximate surface area is 211 Å². The van der Waals surface area contributed by atoms with Gasteiger partial charge in [-0.3, -0.25) is 4.79 Å². The van der Waals surface area contributed by atoms with Gasteiger partial charge in [0, 0.05) is 30.4 Å². The summed E-state index contributed by atoms with van der Waals surface area (Å²) in [6.07, 6.45) is 2.05. The van der Waals surface area contributed by atoms with E-state index in [0.717, 1.165) is 6.07 Å². The van der Waals surface area contributed by atoms with E-state index in [1.165, 1.54) is 19.2 Å². The van der Waals surface area contributed by atoms with E-state index in [-0.39, 0.29) is 45.5 Å². The Bertz CT molecular complexity index is 1270. The van der Waals surface area contributed by atoms with Gasteiger partial charge in [0.25, 0.3) is 5.91 Å². The van der Waals surface area contributed by atoms with Crippen LogP contribution in [-0.2, 0) is 14.6 Å². The Morgan fingerprint density at radius 2 is 1.67 bits per heavy atom. The minimum absolute atomic E-state index is 0.0464. The molecule has 0 heterocycles. The Morgan fingerprint density at radius 3 is 2.25 bits per heavy atom. The molecule has 3 unspecified atom stereocenters. The van der Waals surface area contributed by atoms with E-state index < -0.39 is 44.5 Å². The number of fused-ring (bicyclic) bond motifs is 2. The van der Waals surface area contributed by atoms with E-state index >= 15 is 0 Å². The Morgan fingerprint density at radius 1 is 1.06 bits per heavy atom. The smallest absolute Gasteiger partial charge is 0.406 e. The molecule has 2 fully saturated rings. The fraction of sp³-hybridized carbons (Fsp3) is 0.417. The van der Waals surface area contributed by atoms with Crippen molar-refractivity contribution in [3.05, 3.63) is 58.4 Å². The second kappa shape index (κ2) is 10.3. The summed E-state index contributed by atoms with van der Waals surface area (Å²) in [7, 11) is -2.48. The molecule has 2 saturated carbocycles. The predicted molar refractivity (Wildman–Crippen MR) is 126 cm³/mol. The number of nitrogens with one attached hydrogen (secondary N) is 2. The maximum atomic E-state index is 13.7. The van der Waals surface area contributed by atoms with Gasteiger partial charge in [0.2, 0.25) is 0 Å². The lowest BCUT2D eigenvalue weighted by Gasteiger charge is -2.34. The third-order valence-corrected chi connectivity index (χ3v) is 9.74. The first-order chi connectivity index (χ1) is 17.0. The lowest BCUT2D eigenvalue weighted by Crippen LogP contribution is -2.39. The Kier molecular flexibility index (Phi) is 7.51. The minimum Gasteiger partial charge on any atom is -0.449 e. The third-order valence-electron chi connectivity index (χ3n) is 6.86. The number of ether oxygens (including phenoxy) is 1. The molecule has 4 atom stereocenters. The van der Waals surface area contributed by atoms with Crippen molar-refractivity contribution >= 4 is 39.1 Å². The van der Waals surface area contributed by atoms with Gasteiger partial charge in [0.1, 0.15) is 0 Å². The maximum absolute atomic E-state index is 13.7. The molecule has 2 aliphatic rings. The zero-order valence-electron chi connectivity index (χ0n) is 19.2. The van der Waals surface area contributed by atoms with Crippen molar-refractivity contribution in [3.8, 4) is 0 Å². The van der Waals surface area contributed by atoms with E-state index in [9.17, 15) is 31.2 Å². The summed E-state index contributed by atoms with van der Waals surface area (Å²) in [5, 5.41) is 3.88. The van der Waals surface area contributed by atoms with E-state index in [0.29, 0.717) is 37.8 Å². The molecule has 4 rings (SSSR count). The van der Waals surface area contributed by atoms with Crippen molar-refractivity contribution in [2.24, 2.45) is 17.8 Å². The highest BCUT2D eigenvalue weighted by molar-refractivity contribution is 7.92. The second-order valence-corrected chi connectivity index (χ2v) is 11.6. The van der Waals surface area contributed by atoms with Crippen molar-refractivity contribution in [1.29, 1.82) is 0 Å². The van der Waals surface area contributed by atoms with Crippen LogP contribution in [0.4, 0.5) is 23.7 Å². The number of carbonyl (C=O) groups excluding carboxylic acids is 2. The van der Waals surface area contributed by atoms with Crippen molar-refractivity contribution in [2.75, 3.05) is 19.0 Å². The fourth-order valence-corrected chi connectivity index (χ4v) is 8.22. The summed E-state index contributed by atoms with van der Waals surface area (Å²) in [5.74, 6) is -5.70. The number of anilines is 1. The molecule has 2 N–H and O–H groups in total. The molecule has 0 spiro atoms. The van der Waals surface area contributed by atoms with Crippen LogP contribution in [-0.4, -0.2) is 39.3 Å². The first-order valence-corrected chi connectivity index (χ1v) is 13.3. The Hall–Kier alpha value is -2.79. The van der Waals surface area contributed by atoms with Gasteiger partial charge in [-0.15, -0.1) is 0 Å². The minimum atomic E-state index is -3.94. The second-order valence-electron chi connectivity index (χ2n) is 9.15. The summed E-state index contributed by atoms with van der Waals surface area (Å²) in [5.41, 5.74) is -0.422. The predicted octanol–water partition coefficient (Wildman–Crippen LogP) is 4.94. The summed E-state index contributed by atoms with van der Waals surface area (Å²) < 4.78 is 72.7. The van der Waals surface area contributed by atoms with Crippen LogP contribution in [0.15, 0.2) is 35.2 Å². The molecule has 194 valence electrons. The zero-order chi connectivity index (χ0) is 26.2. The van der Waals surface area contributed by atoms with Crippen molar-refractivity contribution in [3.63, 3.8) is 0 Å². The molecule has 2 aliphatic carbocycles. The first-order valence-electron chi connectivity index (χ1n) is 11.3. The number of halogens is 4. The van der Waals surface area contributed by atoms with Crippen LogP contribution in [0.2, 0.25) is 5.02 Å². The maximum Gasteiger partial charge on any atom is 0.406 e. The van der Waals surface area contributed by atoms with Crippen LogP contribution in [0.5, 0.6) is 0 Å². The number of amides is 2. The SMILES string of the molecule is CNC(=O)OCC1CC2CC[C@@H](C1)C2S(=O)(=O)c1cc(C(=O)Nc2cc(F)c(F)c(F)c2)ccc1Cl. The van der Waals surface area contributed by atoms with Gasteiger partial charge < -0.3 is 15.4 Å². The van der Waals surface area contributed by atoms with Gasteiger partial charge in [-0.25, -0.2) is 26.4 Å². The molecule has 7 nitrogen and oxygen atoms in total. The summed E-state index contributed by atoms with van der Waals surface area (Å²) in [6.45, 7) is 0.209. The van der Waals surface area contributed by atoms with E-state index in [1.54, 1.807) is 0 Å². The monoisotopic (exact) mass is 544 g/mol. The molecule has 0 aliphatic heterocycles. The molecule has 0 saturated heterocycles. The van der Waals surface area contributed by atoms with Gasteiger partial charge in [0.05, 0.1) is 21.8 Å². The number of hydrogen-bond donors (Lipinski definition) is 2. The normalized spacial score (nSPS) is 23.2. The number of sulfone groups is 1. The van der Waals surface area contributed by atoms with Gasteiger partial charge in [-0.1, -0.05) is 11.6 Å². The number of benzene rings is 2. The number of alkyl carbamates (subject to hydrolysis) is 1. The lowest BCUT2D eigenvalue weighted by molar-refractivity contribution is 0.102. The number of rotatable bonds is 6. The average Bonchev–Trinajstić information content (AvgIpc) is 3.12. The molecule has 2 amide bonds. The van der Waals surface area contributed by atoms with Gasteiger partial charge in [0.15, 0.2) is 27.3 Å². The number of carbonyl (C=O) groups is 2. The van der Waals surface area contributed by atoms with Crippen molar-refractivity contribution in [1.82, 2.24) is 5.32 Å². The summed E-state index contributed by atoms with van der Waals surface area (Å²) in [4.78, 5) is 23.9. The topological polar surface area (TPSA) is 102 Å². The Balaban J connectivity index is 1.54. The average molecular weight is 545 g/mol. The van der Waals surface area contributed by atoms with Gasteiger partial charge >= 0.3 is 6.09 Å². The molecule has 2 aromatic rings. The van der Waals surface area contributed by atoms with Crippen LogP contribution in [0.3, 0.4) is 0 Å². The van der Waals surface area contributed by atoms with Crippen molar-refractivity contribution < 1.29 is 35.9 Å². The highest BCUT2D eigenvalue weighted by Crippen LogP contribution is 2.50. The highest BCUT2D eigenvalue weighted by atomic mass is 35.5. The molecule has 2 aromatic carbocycles. The molecule has 0 aromatic heterocycles. The standard InChI is InChI=1S/C24H24ClF3N2O5S/c1-29-24(32)35-11-12-6-13-2-3-14(7-12)22(13)36(33,34)20-8-15(4-5-17(20)25)23(31)30-16-9-18(26)21(28)19(27)10-16/h4-5,8-10,12-14,22H,2-3,6-7,11H2,1H3,(H,29,32)(H,30,31)/t12?,13-,14?,22?/m0/s1. The van der Waals surface area contributed by atoms with Crippen LogP contribution in [0, 0.1) is 35.2 Å². The summed E-state index contributed by atoms with van der Waals surface area (Å²) in [6, 6.07) is 4.94. The largest absolute Gasteiger partial charge is 0.449 e. The van der Waals surface area contributed by atoms with E-state index in [2.05, 4.69) is 10.6 Å².